The lowest BCUT2D eigenvalue weighted by molar-refractivity contribution is -0.136. The minimum atomic E-state index is -0.411. The number of carbonyl (C=O) groups is 2. The molecule has 8 heteroatoms. The zero-order chi connectivity index (χ0) is 25.8. The van der Waals surface area contributed by atoms with Crippen LogP contribution in [0.4, 0.5) is 4.39 Å². The predicted octanol–water partition coefficient (Wildman–Crippen LogP) is 4.15. The molecule has 0 saturated heterocycles. The van der Waals surface area contributed by atoms with E-state index in [0.29, 0.717) is 24.2 Å². The summed E-state index contributed by atoms with van der Waals surface area (Å²) in [5.41, 5.74) is 1.46. The molecule has 1 fully saturated rings. The number of halogens is 1. The van der Waals surface area contributed by atoms with E-state index in [4.69, 9.17) is 4.74 Å². The fraction of sp³-hybridized carbons (Fsp3) is 0.536. The number of carbonyl (C=O) groups excluding carboxylic acids is 2. The van der Waals surface area contributed by atoms with E-state index < -0.39 is 12.1 Å². The Morgan fingerprint density at radius 1 is 1.25 bits per heavy atom. The second-order valence-electron chi connectivity index (χ2n) is 10.3. The maximum atomic E-state index is 13.8. The van der Waals surface area contributed by atoms with Crippen molar-refractivity contribution in [2.45, 2.75) is 58.1 Å². The van der Waals surface area contributed by atoms with E-state index in [-0.39, 0.29) is 47.5 Å². The monoisotopic (exact) mass is 497 g/mol. The molecule has 2 aromatic rings. The molecule has 0 radical (unpaired) electrons. The average Bonchev–Trinajstić information content (AvgIpc) is 2.90. The second kappa shape index (κ2) is 11.4. The fourth-order valence-electron chi connectivity index (χ4n) is 5.17. The Hall–Kier alpha value is -3.00. The normalized spacial score (nSPS) is 21.7. The number of benzene rings is 1. The topological polar surface area (TPSA) is 83.0 Å². The molecular weight excluding hydrogens is 461 g/mol. The zero-order valence-corrected chi connectivity index (χ0v) is 21.3. The molecule has 2 amide bonds. The summed E-state index contributed by atoms with van der Waals surface area (Å²) in [6, 6.07) is 7.37. The third-order valence-corrected chi connectivity index (χ3v) is 7.46. The summed E-state index contributed by atoms with van der Waals surface area (Å²) >= 11 is 0. The molecule has 3 atom stereocenters. The number of nitrogens with zero attached hydrogens (tertiary/aromatic N) is 3. The van der Waals surface area contributed by atoms with Crippen molar-refractivity contribution in [2.75, 3.05) is 26.7 Å². The highest BCUT2D eigenvalue weighted by Gasteiger charge is 2.35. The summed E-state index contributed by atoms with van der Waals surface area (Å²) in [7, 11) is 1.81. The first-order valence-corrected chi connectivity index (χ1v) is 12.9. The van der Waals surface area contributed by atoms with Gasteiger partial charge in [0.25, 0.3) is 5.91 Å². The molecule has 0 spiro atoms. The van der Waals surface area contributed by atoms with Gasteiger partial charge in [-0.3, -0.25) is 9.59 Å². The van der Waals surface area contributed by atoms with Crippen LogP contribution in [0.25, 0.3) is 11.1 Å². The molecule has 4 rings (SSSR count). The van der Waals surface area contributed by atoms with Crippen LogP contribution in [-0.4, -0.2) is 70.6 Å². The van der Waals surface area contributed by atoms with Gasteiger partial charge < -0.3 is 19.6 Å². The van der Waals surface area contributed by atoms with Gasteiger partial charge in [-0.15, -0.1) is 0 Å². The first kappa shape index (κ1) is 26.1. The maximum absolute atomic E-state index is 13.8. The standard InChI is InChI=1S/C28H36FN3O4/c1-18-15-32(19(2)17-33)28(35)24-13-22(21-10-7-11-23(29)12-21)14-30-26(24)36-25(18)16-31(3)27(34)20-8-5-4-6-9-20/h7,10-14,18-20,25,33H,4-6,8-9,15-17H2,1-3H3/t18-,19-,25-/m1/s1. The van der Waals surface area contributed by atoms with Gasteiger partial charge in [-0.05, 0) is 43.5 Å². The number of rotatable bonds is 6. The summed E-state index contributed by atoms with van der Waals surface area (Å²) < 4.78 is 20.2. The molecule has 2 heterocycles. The molecule has 1 aromatic heterocycles. The number of hydrogen-bond acceptors (Lipinski definition) is 5. The Balaban J connectivity index is 1.65. The summed E-state index contributed by atoms with van der Waals surface area (Å²) in [5, 5.41) is 9.86. The molecule has 194 valence electrons. The SMILES string of the molecule is C[C@@H]1CN([C@H](C)CO)C(=O)c2cc(-c3cccc(F)c3)cnc2O[C@@H]1CN(C)C(=O)C1CCCCC1. The lowest BCUT2D eigenvalue weighted by Crippen LogP contribution is -2.51. The highest BCUT2D eigenvalue weighted by atomic mass is 19.1. The minimum Gasteiger partial charge on any atom is -0.472 e. The number of fused-ring (bicyclic) bond motifs is 1. The van der Waals surface area contributed by atoms with Crippen LogP contribution >= 0.6 is 0 Å². The predicted molar refractivity (Wildman–Crippen MR) is 135 cm³/mol. The number of amides is 2. The molecule has 1 N–H and O–H groups in total. The van der Waals surface area contributed by atoms with E-state index >= 15 is 0 Å². The molecule has 0 unspecified atom stereocenters. The van der Waals surface area contributed by atoms with Crippen LogP contribution in [0.15, 0.2) is 36.5 Å². The quantitative estimate of drug-likeness (QED) is 0.649. The van der Waals surface area contributed by atoms with Gasteiger partial charge in [0.1, 0.15) is 17.5 Å². The number of hydrogen-bond donors (Lipinski definition) is 1. The van der Waals surface area contributed by atoms with Gasteiger partial charge in [-0.1, -0.05) is 38.3 Å². The molecular formula is C28H36FN3O4. The van der Waals surface area contributed by atoms with Crippen molar-refractivity contribution in [3.05, 3.63) is 47.9 Å². The first-order valence-electron chi connectivity index (χ1n) is 12.9. The number of likely N-dealkylation sites (N-methyl/N-ethyl adjacent to an activating group) is 1. The smallest absolute Gasteiger partial charge is 0.259 e. The highest BCUT2D eigenvalue weighted by Crippen LogP contribution is 2.31. The Kier molecular flexibility index (Phi) is 8.24. The molecule has 1 aromatic carbocycles. The number of aliphatic hydroxyl groups is 1. The van der Waals surface area contributed by atoms with E-state index in [2.05, 4.69) is 4.98 Å². The molecule has 1 aliphatic carbocycles. The van der Waals surface area contributed by atoms with Crippen molar-refractivity contribution in [1.29, 1.82) is 0 Å². The van der Waals surface area contributed by atoms with Gasteiger partial charge in [0.2, 0.25) is 11.8 Å². The number of ether oxygens (including phenoxy) is 1. The van der Waals surface area contributed by atoms with Gasteiger partial charge in [0.05, 0.1) is 19.2 Å². The summed E-state index contributed by atoms with van der Waals surface area (Å²) in [6.45, 7) is 4.33. The zero-order valence-electron chi connectivity index (χ0n) is 21.3. The highest BCUT2D eigenvalue weighted by molar-refractivity contribution is 5.98. The van der Waals surface area contributed by atoms with Crippen LogP contribution in [0.5, 0.6) is 5.88 Å². The van der Waals surface area contributed by atoms with Crippen LogP contribution < -0.4 is 4.74 Å². The largest absolute Gasteiger partial charge is 0.472 e. The maximum Gasteiger partial charge on any atom is 0.259 e. The first-order chi connectivity index (χ1) is 17.3. The summed E-state index contributed by atoms with van der Waals surface area (Å²) in [4.78, 5) is 34.5. The Morgan fingerprint density at radius 2 is 2.00 bits per heavy atom. The van der Waals surface area contributed by atoms with Crippen LogP contribution in [0.1, 0.15) is 56.3 Å². The Morgan fingerprint density at radius 3 is 2.69 bits per heavy atom. The number of aliphatic hydroxyl groups excluding tert-OH is 1. The van der Waals surface area contributed by atoms with E-state index in [1.807, 2.05) is 14.0 Å². The van der Waals surface area contributed by atoms with Crippen molar-refractivity contribution in [3.8, 4) is 17.0 Å². The number of pyridine rings is 1. The molecule has 1 saturated carbocycles. The van der Waals surface area contributed by atoms with Gasteiger partial charge >= 0.3 is 0 Å². The van der Waals surface area contributed by atoms with Crippen molar-refractivity contribution in [1.82, 2.24) is 14.8 Å². The molecule has 0 bridgehead atoms. The van der Waals surface area contributed by atoms with E-state index in [9.17, 15) is 19.1 Å². The van der Waals surface area contributed by atoms with Gasteiger partial charge in [-0.25, -0.2) is 9.37 Å². The Bertz CT molecular complexity index is 1090. The van der Waals surface area contributed by atoms with Crippen LogP contribution in [-0.2, 0) is 4.79 Å². The minimum absolute atomic E-state index is 0.0549. The molecule has 7 nitrogen and oxygen atoms in total. The van der Waals surface area contributed by atoms with E-state index in [0.717, 1.165) is 25.7 Å². The summed E-state index contributed by atoms with van der Waals surface area (Å²) in [6.07, 6.45) is 6.38. The molecule has 36 heavy (non-hydrogen) atoms. The second-order valence-corrected chi connectivity index (χ2v) is 10.3. The lowest BCUT2D eigenvalue weighted by atomic mass is 9.88. The van der Waals surface area contributed by atoms with Crippen molar-refractivity contribution in [3.63, 3.8) is 0 Å². The lowest BCUT2D eigenvalue weighted by Gasteiger charge is -2.38. The van der Waals surface area contributed by atoms with E-state index in [1.54, 1.807) is 41.1 Å². The third-order valence-electron chi connectivity index (χ3n) is 7.46. The average molecular weight is 498 g/mol. The number of aromatic nitrogens is 1. The van der Waals surface area contributed by atoms with Crippen LogP contribution in [0.2, 0.25) is 0 Å². The van der Waals surface area contributed by atoms with Crippen LogP contribution in [0.3, 0.4) is 0 Å². The van der Waals surface area contributed by atoms with Crippen molar-refractivity contribution in [2.24, 2.45) is 11.8 Å². The molecule has 1 aliphatic heterocycles. The Labute approximate surface area is 212 Å². The third kappa shape index (κ3) is 5.69. The van der Waals surface area contributed by atoms with Gasteiger partial charge in [0, 0.05) is 37.2 Å². The van der Waals surface area contributed by atoms with Crippen molar-refractivity contribution >= 4 is 11.8 Å². The fourth-order valence-corrected chi connectivity index (χ4v) is 5.17. The van der Waals surface area contributed by atoms with Crippen LogP contribution in [0, 0.1) is 17.7 Å². The van der Waals surface area contributed by atoms with Crippen molar-refractivity contribution < 1.29 is 23.8 Å². The van der Waals surface area contributed by atoms with Gasteiger partial charge in [0.15, 0.2) is 0 Å². The van der Waals surface area contributed by atoms with Gasteiger partial charge in [-0.2, -0.15) is 0 Å². The van der Waals surface area contributed by atoms with E-state index in [1.165, 1.54) is 18.6 Å². The summed E-state index contributed by atoms with van der Waals surface area (Å²) in [5.74, 6) is -0.405. The molecule has 2 aliphatic rings.